The highest BCUT2D eigenvalue weighted by Crippen LogP contribution is 2.19. The van der Waals surface area contributed by atoms with Gasteiger partial charge in [-0.15, -0.1) is 0 Å². The largest absolute Gasteiger partial charge is 0.326 e. The van der Waals surface area contributed by atoms with E-state index in [9.17, 15) is 9.59 Å². The van der Waals surface area contributed by atoms with Crippen LogP contribution in [0.1, 0.15) is 167 Å². The van der Waals surface area contributed by atoms with Crippen LogP contribution in [-0.4, -0.2) is 60.9 Å². The van der Waals surface area contributed by atoms with Crippen LogP contribution in [0.4, 0.5) is 11.4 Å². The van der Waals surface area contributed by atoms with E-state index in [1.807, 2.05) is 24.3 Å². The van der Waals surface area contributed by atoms with Gasteiger partial charge in [-0.25, -0.2) is 0 Å². The van der Waals surface area contributed by atoms with E-state index in [0.717, 1.165) is 81.0 Å². The van der Waals surface area contributed by atoms with Crippen molar-refractivity contribution in [2.24, 2.45) is 0 Å². The zero-order valence-electron chi connectivity index (χ0n) is 33.4. The summed E-state index contributed by atoms with van der Waals surface area (Å²) in [6.07, 6.45) is 24.1. The van der Waals surface area contributed by atoms with Crippen LogP contribution in [0.15, 0.2) is 48.5 Å². The van der Waals surface area contributed by atoms with Crippen LogP contribution >= 0.6 is 0 Å². The average Bonchev–Trinajstić information content (AvgIpc) is 3.12. The van der Waals surface area contributed by atoms with E-state index in [4.69, 9.17) is 0 Å². The van der Waals surface area contributed by atoms with Crippen LogP contribution in [0.5, 0.6) is 0 Å². The van der Waals surface area contributed by atoms with Gasteiger partial charge in [0.2, 0.25) is 11.8 Å². The minimum absolute atomic E-state index is 0.0879. The number of benzene rings is 2. The molecule has 0 aliphatic carbocycles. The summed E-state index contributed by atoms with van der Waals surface area (Å²) in [5.74, 6) is 0.176. The second-order valence-electron chi connectivity index (χ2n) is 14.8. The first-order valence-corrected chi connectivity index (χ1v) is 21.2. The molecular weight excluding hydrogens is 629 g/mol. The summed E-state index contributed by atoms with van der Waals surface area (Å²) in [7, 11) is 0. The number of amides is 2. The van der Waals surface area contributed by atoms with Gasteiger partial charge in [-0.05, 0) is 120 Å². The van der Waals surface area contributed by atoms with Crippen LogP contribution in [0.3, 0.4) is 0 Å². The fourth-order valence-electron chi connectivity index (χ4n) is 6.85. The number of hydrogen-bond acceptors (Lipinski definition) is 4. The van der Waals surface area contributed by atoms with Crippen LogP contribution < -0.4 is 10.6 Å². The minimum Gasteiger partial charge on any atom is -0.326 e. The summed E-state index contributed by atoms with van der Waals surface area (Å²) >= 11 is 0. The predicted molar refractivity (Wildman–Crippen MR) is 221 cm³/mol. The standard InChI is InChI=1S/C45H76N4O2/c1-5-9-13-17-31-48(32-18-14-10-6-2)35-23-29-44(50)46-42-27-21-25-40(38-42)37-41-26-22-28-43(39-41)47-45(51)30-24-36-49(33-19-15-11-7-3)34-20-16-12-8-4/h21-22,25-28,38-39H,5-20,23-24,29-37H2,1-4H3,(H,46,50)(H,47,51). The Labute approximate surface area is 313 Å². The van der Waals surface area contributed by atoms with Gasteiger partial charge in [0.1, 0.15) is 0 Å². The smallest absolute Gasteiger partial charge is 0.224 e. The Hall–Kier alpha value is -2.70. The zero-order valence-corrected chi connectivity index (χ0v) is 33.4. The van der Waals surface area contributed by atoms with E-state index >= 15 is 0 Å². The number of carbonyl (C=O) groups is 2. The van der Waals surface area contributed by atoms with Crippen molar-refractivity contribution in [2.75, 3.05) is 49.9 Å². The molecule has 0 aliphatic rings. The Morgan fingerprint density at radius 1 is 0.451 bits per heavy atom. The van der Waals surface area contributed by atoms with Crippen molar-refractivity contribution in [3.05, 3.63) is 59.7 Å². The molecule has 0 saturated heterocycles. The molecule has 2 aromatic carbocycles. The summed E-state index contributed by atoms with van der Waals surface area (Å²) in [6.45, 7) is 15.6. The quantitative estimate of drug-likeness (QED) is 0.0744. The van der Waals surface area contributed by atoms with Crippen LogP contribution in [0.25, 0.3) is 0 Å². The fourth-order valence-corrected chi connectivity index (χ4v) is 6.85. The molecule has 2 aromatic rings. The molecular formula is C45H76N4O2. The molecule has 0 aromatic heterocycles. The molecule has 0 heterocycles. The topological polar surface area (TPSA) is 64.7 Å². The lowest BCUT2D eigenvalue weighted by atomic mass is 10.0. The number of hydrogen-bond donors (Lipinski definition) is 2. The average molecular weight is 705 g/mol. The third-order valence-corrected chi connectivity index (χ3v) is 9.90. The molecule has 2 N–H and O–H groups in total. The van der Waals surface area contributed by atoms with Crippen molar-refractivity contribution in [3.8, 4) is 0 Å². The number of nitrogens with one attached hydrogen (secondary N) is 2. The first-order valence-electron chi connectivity index (χ1n) is 21.2. The Kier molecular flexibility index (Phi) is 26.0. The number of carbonyl (C=O) groups excluding carboxylic acids is 2. The van der Waals surface area contributed by atoms with Gasteiger partial charge < -0.3 is 20.4 Å². The van der Waals surface area contributed by atoms with Crippen LogP contribution in [-0.2, 0) is 16.0 Å². The number of rotatable bonds is 32. The summed E-state index contributed by atoms with van der Waals surface area (Å²) < 4.78 is 0. The van der Waals surface area contributed by atoms with Gasteiger partial charge in [-0.3, -0.25) is 9.59 Å². The van der Waals surface area contributed by atoms with Crippen molar-refractivity contribution in [1.29, 1.82) is 0 Å². The Morgan fingerprint density at radius 2 is 0.784 bits per heavy atom. The summed E-state index contributed by atoms with van der Waals surface area (Å²) in [5.41, 5.74) is 3.98. The monoisotopic (exact) mass is 705 g/mol. The lowest BCUT2D eigenvalue weighted by Gasteiger charge is -2.22. The third kappa shape index (κ3) is 22.8. The maximum absolute atomic E-state index is 12.9. The lowest BCUT2D eigenvalue weighted by molar-refractivity contribution is -0.117. The third-order valence-electron chi connectivity index (χ3n) is 9.90. The number of anilines is 2. The van der Waals surface area contributed by atoms with E-state index in [1.54, 1.807) is 0 Å². The molecule has 0 unspecified atom stereocenters. The van der Waals surface area contributed by atoms with Crippen molar-refractivity contribution in [1.82, 2.24) is 9.80 Å². The molecule has 0 aliphatic heterocycles. The van der Waals surface area contributed by atoms with Gasteiger partial charge in [0, 0.05) is 24.2 Å². The van der Waals surface area contributed by atoms with E-state index in [-0.39, 0.29) is 11.8 Å². The predicted octanol–water partition coefficient (Wildman–Crippen LogP) is 11.6. The first-order chi connectivity index (χ1) is 25.0. The molecule has 2 rings (SSSR count). The molecule has 0 atom stereocenters. The maximum Gasteiger partial charge on any atom is 0.224 e. The van der Waals surface area contributed by atoms with Crippen molar-refractivity contribution in [2.45, 2.75) is 163 Å². The van der Waals surface area contributed by atoms with Crippen molar-refractivity contribution in [3.63, 3.8) is 0 Å². The van der Waals surface area contributed by atoms with Crippen molar-refractivity contribution < 1.29 is 9.59 Å². The van der Waals surface area contributed by atoms with Crippen LogP contribution in [0.2, 0.25) is 0 Å². The highest BCUT2D eigenvalue weighted by Gasteiger charge is 2.10. The first kappa shape index (κ1) is 44.5. The SMILES string of the molecule is CCCCCCN(CCCCCC)CCCC(=O)Nc1cccc(Cc2cccc(NC(=O)CCCN(CCCCCC)CCCCCC)c2)c1. The highest BCUT2D eigenvalue weighted by molar-refractivity contribution is 5.91. The Bertz CT molecular complexity index is 1050. The molecule has 0 spiro atoms. The lowest BCUT2D eigenvalue weighted by Crippen LogP contribution is -2.28. The molecule has 6 nitrogen and oxygen atoms in total. The van der Waals surface area contributed by atoms with Gasteiger partial charge in [0.25, 0.3) is 0 Å². The van der Waals surface area contributed by atoms with Gasteiger partial charge in [-0.1, -0.05) is 129 Å². The Morgan fingerprint density at radius 3 is 1.12 bits per heavy atom. The van der Waals surface area contributed by atoms with E-state index < -0.39 is 0 Å². The van der Waals surface area contributed by atoms with E-state index in [0.29, 0.717) is 12.8 Å². The number of unbranched alkanes of at least 4 members (excludes halogenated alkanes) is 12. The highest BCUT2D eigenvalue weighted by atomic mass is 16.2. The molecule has 2 amide bonds. The molecule has 0 bridgehead atoms. The fraction of sp³-hybridized carbons (Fsp3) is 0.689. The summed E-state index contributed by atoms with van der Waals surface area (Å²) in [6, 6.07) is 16.3. The van der Waals surface area contributed by atoms with Gasteiger partial charge >= 0.3 is 0 Å². The van der Waals surface area contributed by atoms with Gasteiger partial charge in [0.05, 0.1) is 0 Å². The molecule has 51 heavy (non-hydrogen) atoms. The minimum atomic E-state index is 0.0879. The second kappa shape index (κ2) is 29.8. The Balaban J connectivity index is 1.80. The van der Waals surface area contributed by atoms with Crippen LogP contribution in [0, 0.1) is 0 Å². The molecule has 288 valence electrons. The number of nitrogens with zero attached hydrogens (tertiary/aromatic N) is 2. The van der Waals surface area contributed by atoms with Gasteiger partial charge in [-0.2, -0.15) is 0 Å². The molecule has 0 radical (unpaired) electrons. The normalized spacial score (nSPS) is 11.4. The van der Waals surface area contributed by atoms with E-state index in [2.05, 4.69) is 72.4 Å². The summed E-state index contributed by atoms with van der Waals surface area (Å²) in [5, 5.41) is 6.28. The maximum atomic E-state index is 12.9. The van der Waals surface area contributed by atoms with Crippen molar-refractivity contribution >= 4 is 23.2 Å². The molecule has 0 saturated carbocycles. The molecule has 6 heteroatoms. The second-order valence-corrected chi connectivity index (χ2v) is 14.8. The van der Waals surface area contributed by atoms with E-state index in [1.165, 1.54) is 103 Å². The van der Waals surface area contributed by atoms with Gasteiger partial charge in [0.15, 0.2) is 0 Å². The molecule has 0 fully saturated rings. The zero-order chi connectivity index (χ0) is 36.8. The summed E-state index contributed by atoms with van der Waals surface area (Å²) in [4.78, 5) is 30.9.